The zero-order valence-corrected chi connectivity index (χ0v) is 19.1. The number of hydrogen-bond donors (Lipinski definition) is 1. The molecule has 0 aliphatic carbocycles. The molecule has 8 heteroatoms. The number of esters is 1. The molecule has 0 bridgehead atoms. The summed E-state index contributed by atoms with van der Waals surface area (Å²) in [5.74, 6) is -0.673. The van der Waals surface area contributed by atoms with E-state index in [4.69, 9.17) is 4.74 Å². The number of para-hydroxylation sites is 1. The van der Waals surface area contributed by atoms with E-state index >= 15 is 0 Å². The van der Waals surface area contributed by atoms with Crippen molar-refractivity contribution in [3.05, 3.63) is 71.6 Å². The maximum Gasteiger partial charge on any atom is 0.349 e. The van der Waals surface area contributed by atoms with Crippen LogP contribution in [-0.2, 0) is 21.3 Å². The minimum atomic E-state index is -4.05. The highest BCUT2D eigenvalue weighted by Gasteiger charge is 2.29. The summed E-state index contributed by atoms with van der Waals surface area (Å²) in [6.45, 7) is 2.89. The second-order valence-electron chi connectivity index (χ2n) is 7.35. The van der Waals surface area contributed by atoms with Crippen LogP contribution in [0.2, 0.25) is 0 Å². The molecule has 162 valence electrons. The van der Waals surface area contributed by atoms with Crippen LogP contribution in [0.25, 0.3) is 31.9 Å². The first-order valence-corrected chi connectivity index (χ1v) is 12.4. The fraction of sp³-hybridized carbons (Fsp3) is 0.125. The molecule has 6 nitrogen and oxygen atoms in total. The predicted octanol–water partition coefficient (Wildman–Crippen LogP) is 5.62. The van der Waals surface area contributed by atoms with Gasteiger partial charge in [-0.25, -0.2) is 13.2 Å². The minimum absolute atomic E-state index is 0.0546. The van der Waals surface area contributed by atoms with Gasteiger partial charge in [-0.1, -0.05) is 36.4 Å². The number of benzene rings is 3. The number of carbonyl (C=O) groups is 1. The molecule has 0 radical (unpaired) electrons. The van der Waals surface area contributed by atoms with Gasteiger partial charge in [-0.2, -0.15) is 0 Å². The van der Waals surface area contributed by atoms with E-state index in [9.17, 15) is 13.2 Å². The number of hydrogen-bond acceptors (Lipinski definition) is 5. The van der Waals surface area contributed by atoms with E-state index in [1.54, 1.807) is 30.3 Å². The lowest BCUT2D eigenvalue weighted by atomic mass is 10.1. The first-order valence-electron chi connectivity index (χ1n) is 10.1. The summed E-state index contributed by atoms with van der Waals surface area (Å²) >= 11 is 1.11. The van der Waals surface area contributed by atoms with Crippen molar-refractivity contribution < 1.29 is 17.9 Å². The van der Waals surface area contributed by atoms with Crippen molar-refractivity contribution in [3.63, 3.8) is 0 Å². The normalized spacial score (nSPS) is 11.9. The SMILES string of the molecule is CCn1c2ccccc2c2cc(NS(=O)(=O)c3c(C(=O)OC)sc4ccccc34)ccc21. The van der Waals surface area contributed by atoms with Crippen molar-refractivity contribution in [2.24, 2.45) is 0 Å². The van der Waals surface area contributed by atoms with Crippen LogP contribution in [0, 0.1) is 0 Å². The summed E-state index contributed by atoms with van der Waals surface area (Å²) in [6, 6.07) is 20.6. The smallest absolute Gasteiger partial charge is 0.349 e. The van der Waals surface area contributed by atoms with Crippen LogP contribution in [-0.4, -0.2) is 26.1 Å². The third-order valence-corrected chi connectivity index (χ3v) is 8.28. The molecule has 0 unspecified atom stereocenters. The summed E-state index contributed by atoms with van der Waals surface area (Å²) in [5, 5.41) is 2.52. The van der Waals surface area contributed by atoms with Crippen LogP contribution < -0.4 is 4.72 Å². The quantitative estimate of drug-likeness (QED) is 0.343. The molecule has 5 rings (SSSR count). The Hall–Kier alpha value is -3.36. The Labute approximate surface area is 189 Å². The van der Waals surface area contributed by atoms with Gasteiger partial charge in [0.25, 0.3) is 10.0 Å². The van der Waals surface area contributed by atoms with Crippen molar-refractivity contribution in [1.82, 2.24) is 4.57 Å². The number of aromatic nitrogens is 1. The Morgan fingerprint density at radius 3 is 2.41 bits per heavy atom. The van der Waals surface area contributed by atoms with Gasteiger partial charge >= 0.3 is 5.97 Å². The summed E-state index contributed by atoms with van der Waals surface area (Å²) in [7, 11) is -2.81. The fourth-order valence-corrected chi connectivity index (χ4v) is 7.05. The van der Waals surface area contributed by atoms with Crippen molar-refractivity contribution in [1.29, 1.82) is 0 Å². The fourth-order valence-electron chi connectivity index (χ4n) is 4.18. The second kappa shape index (κ2) is 7.65. The number of nitrogens with zero attached hydrogens (tertiary/aromatic N) is 1. The first kappa shape index (κ1) is 20.5. The molecule has 5 aromatic rings. The molecule has 0 aliphatic rings. The summed E-state index contributed by atoms with van der Waals surface area (Å²) in [5.41, 5.74) is 2.57. The lowest BCUT2D eigenvalue weighted by molar-refractivity contribution is 0.0602. The summed E-state index contributed by atoms with van der Waals surface area (Å²) in [6.07, 6.45) is 0. The van der Waals surface area contributed by atoms with Crippen molar-refractivity contribution in [3.8, 4) is 0 Å². The largest absolute Gasteiger partial charge is 0.465 e. The van der Waals surface area contributed by atoms with E-state index < -0.39 is 16.0 Å². The monoisotopic (exact) mass is 464 g/mol. The summed E-state index contributed by atoms with van der Waals surface area (Å²) < 4.78 is 37.4. The average molecular weight is 465 g/mol. The van der Waals surface area contributed by atoms with Crippen molar-refractivity contribution >= 4 is 64.9 Å². The topological polar surface area (TPSA) is 77.4 Å². The number of thiophene rings is 1. The minimum Gasteiger partial charge on any atom is -0.465 e. The van der Waals surface area contributed by atoms with E-state index in [1.165, 1.54) is 7.11 Å². The Morgan fingerprint density at radius 2 is 1.66 bits per heavy atom. The summed E-state index contributed by atoms with van der Waals surface area (Å²) in [4.78, 5) is 12.4. The molecular formula is C24H20N2O4S2. The van der Waals surface area contributed by atoms with Crippen LogP contribution in [0.4, 0.5) is 5.69 Å². The number of sulfonamides is 1. The van der Waals surface area contributed by atoms with E-state index in [1.807, 2.05) is 30.3 Å². The highest BCUT2D eigenvalue weighted by Crippen LogP contribution is 2.37. The van der Waals surface area contributed by atoms with Gasteiger partial charge in [-0.3, -0.25) is 4.72 Å². The molecule has 0 fully saturated rings. The van der Waals surface area contributed by atoms with Crippen molar-refractivity contribution in [2.75, 3.05) is 11.8 Å². The van der Waals surface area contributed by atoms with E-state index in [0.29, 0.717) is 15.8 Å². The lowest BCUT2D eigenvalue weighted by Crippen LogP contribution is -2.16. The van der Waals surface area contributed by atoms with Gasteiger partial charge in [-0.05, 0) is 37.3 Å². The Bertz CT molecular complexity index is 1610. The molecule has 2 aromatic heterocycles. The third kappa shape index (κ3) is 3.14. The van der Waals surface area contributed by atoms with Gasteiger partial charge in [0.2, 0.25) is 0 Å². The number of anilines is 1. The number of aryl methyl sites for hydroxylation is 1. The van der Waals surface area contributed by atoms with Crippen LogP contribution in [0.5, 0.6) is 0 Å². The Balaban J connectivity index is 1.66. The molecular weight excluding hydrogens is 444 g/mol. The number of carbonyl (C=O) groups excluding carboxylic acids is 1. The van der Waals surface area contributed by atoms with Crippen LogP contribution in [0.15, 0.2) is 71.6 Å². The maximum atomic E-state index is 13.5. The maximum absolute atomic E-state index is 13.5. The van der Waals surface area contributed by atoms with E-state index in [-0.39, 0.29) is 9.77 Å². The van der Waals surface area contributed by atoms with Crippen molar-refractivity contribution in [2.45, 2.75) is 18.4 Å². The number of fused-ring (bicyclic) bond motifs is 4. The highest BCUT2D eigenvalue weighted by atomic mass is 32.2. The molecule has 3 aromatic carbocycles. The molecule has 32 heavy (non-hydrogen) atoms. The van der Waals surface area contributed by atoms with Gasteiger partial charge < -0.3 is 9.30 Å². The molecule has 0 spiro atoms. The zero-order valence-electron chi connectivity index (χ0n) is 17.5. The molecule has 0 aliphatic heterocycles. The van der Waals surface area contributed by atoms with Gasteiger partial charge in [0, 0.05) is 44.1 Å². The second-order valence-corrected chi connectivity index (χ2v) is 10.0. The standard InChI is InChI=1S/C24H20N2O4S2/c1-3-26-19-10-6-4-8-16(19)18-14-15(12-13-20(18)26)25-32(28,29)23-17-9-5-7-11-21(17)31-22(23)24(27)30-2/h4-14,25H,3H2,1-2H3. The van der Waals surface area contributed by atoms with E-state index in [2.05, 4.69) is 22.3 Å². The van der Waals surface area contributed by atoms with E-state index in [0.717, 1.165) is 39.7 Å². The molecule has 0 amide bonds. The Morgan fingerprint density at radius 1 is 0.969 bits per heavy atom. The lowest BCUT2D eigenvalue weighted by Gasteiger charge is -2.10. The first-order chi connectivity index (χ1) is 15.4. The van der Waals surface area contributed by atoms with Gasteiger partial charge in [0.15, 0.2) is 0 Å². The van der Waals surface area contributed by atoms with Crippen LogP contribution >= 0.6 is 11.3 Å². The zero-order chi connectivity index (χ0) is 22.5. The number of methoxy groups -OCH3 is 1. The average Bonchev–Trinajstić information content (AvgIpc) is 3.34. The van der Waals surface area contributed by atoms with Gasteiger partial charge in [-0.15, -0.1) is 11.3 Å². The molecule has 0 atom stereocenters. The van der Waals surface area contributed by atoms with Gasteiger partial charge in [0.1, 0.15) is 9.77 Å². The number of rotatable bonds is 5. The number of ether oxygens (including phenoxy) is 1. The molecule has 0 saturated heterocycles. The molecule has 1 N–H and O–H groups in total. The molecule has 2 heterocycles. The third-order valence-electron chi connectivity index (χ3n) is 5.53. The Kier molecular flexibility index (Phi) is 4.91. The molecule has 0 saturated carbocycles. The van der Waals surface area contributed by atoms with Crippen LogP contribution in [0.1, 0.15) is 16.6 Å². The number of nitrogens with one attached hydrogen (secondary N) is 1. The highest BCUT2D eigenvalue weighted by molar-refractivity contribution is 7.93. The van der Waals surface area contributed by atoms with Crippen LogP contribution in [0.3, 0.4) is 0 Å². The van der Waals surface area contributed by atoms with Gasteiger partial charge in [0.05, 0.1) is 7.11 Å². The predicted molar refractivity (Wildman–Crippen MR) is 129 cm³/mol.